The Balaban J connectivity index is 0.00000264. The molecule has 0 radical (unpaired) electrons. The molecule has 0 bridgehead atoms. The molecule has 1 atom stereocenters. The van der Waals surface area contributed by atoms with Crippen LogP contribution < -0.4 is 11.1 Å². The quantitative estimate of drug-likeness (QED) is 0.875. The molecular formula is C18H22ClFN2O. The van der Waals surface area contributed by atoms with Crippen LogP contribution >= 0.6 is 12.4 Å². The van der Waals surface area contributed by atoms with E-state index < -0.39 is 5.54 Å². The minimum absolute atomic E-state index is 0. The van der Waals surface area contributed by atoms with Gasteiger partial charge in [-0.25, -0.2) is 4.39 Å². The van der Waals surface area contributed by atoms with E-state index in [0.29, 0.717) is 5.56 Å². The van der Waals surface area contributed by atoms with Gasteiger partial charge in [0.25, 0.3) is 0 Å². The summed E-state index contributed by atoms with van der Waals surface area (Å²) in [6.07, 6.45) is 0.183. The molecule has 0 heterocycles. The Labute approximate surface area is 142 Å². The zero-order chi connectivity index (χ0) is 16.2. The molecule has 0 aliphatic carbocycles. The molecule has 0 aromatic heterocycles. The summed E-state index contributed by atoms with van der Waals surface area (Å²) in [5.41, 5.74) is 7.03. The molecule has 0 aliphatic heterocycles. The predicted molar refractivity (Wildman–Crippen MR) is 92.8 cm³/mol. The molecule has 3 nitrogen and oxygen atoms in total. The molecule has 23 heavy (non-hydrogen) atoms. The maximum Gasteiger partial charge on any atom is 0.222 e. The fraction of sp³-hybridized carbons (Fsp3) is 0.278. The summed E-state index contributed by atoms with van der Waals surface area (Å²) in [6, 6.07) is 15.4. The van der Waals surface area contributed by atoms with Gasteiger partial charge in [0, 0.05) is 12.5 Å². The van der Waals surface area contributed by atoms with Gasteiger partial charge < -0.3 is 11.1 Å². The number of amides is 1. The zero-order valence-corrected chi connectivity index (χ0v) is 14.1. The molecule has 3 N–H and O–H groups in total. The van der Waals surface area contributed by atoms with Gasteiger partial charge in [-0.1, -0.05) is 42.5 Å². The third-order valence-electron chi connectivity index (χ3n) is 3.63. The van der Waals surface area contributed by atoms with Gasteiger partial charge in [0.1, 0.15) is 5.82 Å². The number of carbonyl (C=O) groups is 1. The largest absolute Gasteiger partial charge is 0.347 e. The normalized spacial score (nSPS) is 12.2. The number of hydrogen-bond acceptors (Lipinski definition) is 2. The van der Waals surface area contributed by atoms with E-state index >= 15 is 0 Å². The molecule has 0 aliphatic rings. The summed E-state index contributed by atoms with van der Waals surface area (Å²) < 4.78 is 13.3. The van der Waals surface area contributed by atoms with Crippen molar-refractivity contribution in [2.45, 2.75) is 31.8 Å². The van der Waals surface area contributed by atoms with Crippen molar-refractivity contribution in [2.24, 2.45) is 5.73 Å². The minimum Gasteiger partial charge on any atom is -0.347 e. The van der Waals surface area contributed by atoms with E-state index in [2.05, 4.69) is 5.32 Å². The first kappa shape index (κ1) is 19.1. The Hall–Kier alpha value is -1.91. The summed E-state index contributed by atoms with van der Waals surface area (Å²) in [5, 5.41) is 2.91. The first-order chi connectivity index (χ1) is 10.4. The van der Waals surface area contributed by atoms with Gasteiger partial charge in [-0.05, 0) is 37.1 Å². The molecule has 0 fully saturated rings. The highest BCUT2D eigenvalue weighted by atomic mass is 35.5. The average Bonchev–Trinajstić information content (AvgIpc) is 2.47. The summed E-state index contributed by atoms with van der Waals surface area (Å²) in [6.45, 7) is 3.68. The number of nitrogens with one attached hydrogen (secondary N) is 1. The monoisotopic (exact) mass is 336 g/mol. The van der Waals surface area contributed by atoms with Gasteiger partial charge in [-0.15, -0.1) is 12.4 Å². The average molecular weight is 337 g/mol. The van der Waals surface area contributed by atoms with Crippen LogP contribution in [0.2, 0.25) is 0 Å². The summed E-state index contributed by atoms with van der Waals surface area (Å²) in [4.78, 5) is 12.2. The van der Waals surface area contributed by atoms with Crippen molar-refractivity contribution in [3.05, 3.63) is 71.5 Å². The molecule has 2 rings (SSSR count). The van der Waals surface area contributed by atoms with Crippen LogP contribution in [0, 0.1) is 5.82 Å². The second-order valence-corrected chi connectivity index (χ2v) is 5.90. The fourth-order valence-electron chi connectivity index (χ4n) is 2.37. The summed E-state index contributed by atoms with van der Waals surface area (Å²) >= 11 is 0. The maximum atomic E-state index is 13.3. The standard InChI is InChI=1S/C18H21FN2O.ClH/c1-18(2,14-9-6-10-15(19)11-14)21-17(22)12-16(20)13-7-4-3-5-8-13;/h3-11,16H,12,20H2,1-2H3,(H,21,22);1H. The highest BCUT2D eigenvalue weighted by molar-refractivity contribution is 5.85. The highest BCUT2D eigenvalue weighted by Gasteiger charge is 2.24. The molecule has 124 valence electrons. The smallest absolute Gasteiger partial charge is 0.222 e. The van der Waals surface area contributed by atoms with Crippen LogP contribution in [-0.4, -0.2) is 5.91 Å². The van der Waals surface area contributed by atoms with Gasteiger partial charge in [0.2, 0.25) is 5.91 Å². The molecule has 5 heteroatoms. The van der Waals surface area contributed by atoms with E-state index in [1.165, 1.54) is 12.1 Å². The topological polar surface area (TPSA) is 55.1 Å². The van der Waals surface area contributed by atoms with Gasteiger partial charge >= 0.3 is 0 Å². The minimum atomic E-state index is -0.657. The SMILES string of the molecule is CC(C)(NC(=O)CC(N)c1ccccc1)c1cccc(F)c1.Cl. The highest BCUT2D eigenvalue weighted by Crippen LogP contribution is 2.22. The van der Waals surface area contributed by atoms with Crippen LogP contribution in [0.4, 0.5) is 4.39 Å². The Morgan fingerprint density at radius 3 is 2.43 bits per heavy atom. The first-order valence-electron chi connectivity index (χ1n) is 7.26. The fourth-order valence-corrected chi connectivity index (χ4v) is 2.37. The lowest BCUT2D eigenvalue weighted by atomic mass is 9.93. The number of halogens is 2. The van der Waals surface area contributed by atoms with Crippen LogP contribution in [0.5, 0.6) is 0 Å². The van der Waals surface area contributed by atoms with Gasteiger partial charge in [0.05, 0.1) is 5.54 Å². The lowest BCUT2D eigenvalue weighted by Crippen LogP contribution is -2.42. The summed E-state index contributed by atoms with van der Waals surface area (Å²) in [5.74, 6) is -0.480. The molecule has 0 saturated heterocycles. The number of rotatable bonds is 5. The molecule has 1 unspecified atom stereocenters. The molecule has 0 saturated carbocycles. The van der Waals surface area contributed by atoms with Crippen molar-refractivity contribution in [1.82, 2.24) is 5.32 Å². The van der Waals surface area contributed by atoms with Gasteiger partial charge in [-0.2, -0.15) is 0 Å². The Morgan fingerprint density at radius 2 is 1.83 bits per heavy atom. The number of hydrogen-bond donors (Lipinski definition) is 2. The number of nitrogens with two attached hydrogens (primary N) is 1. The lowest BCUT2D eigenvalue weighted by molar-refractivity contribution is -0.123. The van der Waals surface area contributed by atoms with E-state index in [9.17, 15) is 9.18 Å². The lowest BCUT2D eigenvalue weighted by Gasteiger charge is -2.27. The van der Waals surface area contributed by atoms with Crippen LogP contribution in [0.15, 0.2) is 54.6 Å². The van der Waals surface area contributed by atoms with Gasteiger partial charge in [-0.3, -0.25) is 4.79 Å². The van der Waals surface area contributed by atoms with Crippen molar-refractivity contribution >= 4 is 18.3 Å². The number of carbonyl (C=O) groups excluding carboxylic acids is 1. The first-order valence-corrected chi connectivity index (χ1v) is 7.26. The molecule has 2 aromatic rings. The Bertz CT molecular complexity index is 646. The zero-order valence-electron chi connectivity index (χ0n) is 13.3. The van der Waals surface area contributed by atoms with Crippen molar-refractivity contribution in [3.8, 4) is 0 Å². The van der Waals surface area contributed by atoms with E-state index in [1.807, 2.05) is 44.2 Å². The van der Waals surface area contributed by atoms with Crippen LogP contribution in [0.3, 0.4) is 0 Å². The van der Waals surface area contributed by atoms with Crippen LogP contribution in [-0.2, 0) is 10.3 Å². The number of benzene rings is 2. The summed E-state index contributed by atoms with van der Waals surface area (Å²) in [7, 11) is 0. The molecule has 2 aromatic carbocycles. The van der Waals surface area contributed by atoms with E-state index in [0.717, 1.165) is 5.56 Å². The van der Waals surface area contributed by atoms with E-state index in [4.69, 9.17) is 5.73 Å². The third kappa shape index (κ3) is 5.34. The molecule has 0 spiro atoms. The second-order valence-electron chi connectivity index (χ2n) is 5.90. The van der Waals surface area contributed by atoms with Crippen molar-refractivity contribution < 1.29 is 9.18 Å². The van der Waals surface area contributed by atoms with E-state index in [-0.39, 0.29) is 36.6 Å². The Morgan fingerprint density at radius 1 is 1.17 bits per heavy atom. The third-order valence-corrected chi connectivity index (χ3v) is 3.63. The molecular weight excluding hydrogens is 315 g/mol. The predicted octanol–water partition coefficient (Wildman–Crippen LogP) is 3.69. The second kappa shape index (κ2) is 8.09. The van der Waals surface area contributed by atoms with E-state index in [1.54, 1.807) is 12.1 Å². The van der Waals surface area contributed by atoms with Gasteiger partial charge in [0.15, 0.2) is 0 Å². The molecule has 1 amide bonds. The van der Waals surface area contributed by atoms with Crippen LogP contribution in [0.1, 0.15) is 37.4 Å². The van der Waals surface area contributed by atoms with Crippen molar-refractivity contribution in [1.29, 1.82) is 0 Å². The Kier molecular flexibility index (Phi) is 6.73. The maximum absolute atomic E-state index is 13.3. The van der Waals surface area contributed by atoms with Crippen LogP contribution in [0.25, 0.3) is 0 Å². The van der Waals surface area contributed by atoms with Crippen molar-refractivity contribution in [2.75, 3.05) is 0 Å². The van der Waals surface area contributed by atoms with Crippen molar-refractivity contribution in [3.63, 3.8) is 0 Å².